The van der Waals surface area contributed by atoms with Crippen molar-refractivity contribution in [1.82, 2.24) is 0 Å². The van der Waals surface area contributed by atoms with Crippen molar-refractivity contribution in [2.24, 2.45) is 5.73 Å². The number of carboxylic acid groups (broad SMARTS) is 1. The maximum absolute atomic E-state index is 12.6. The van der Waals surface area contributed by atoms with E-state index >= 15 is 0 Å². The van der Waals surface area contributed by atoms with Crippen LogP contribution in [0.4, 0.5) is 0 Å². The number of phosphoric ester groups is 1. The van der Waals surface area contributed by atoms with Gasteiger partial charge in [0, 0.05) is 12.8 Å². The second-order valence-corrected chi connectivity index (χ2v) is 16.3. The number of carboxylic acids is 1. The summed E-state index contributed by atoms with van der Waals surface area (Å²) < 4.78 is 32.7. The van der Waals surface area contributed by atoms with Crippen LogP contribution in [0.5, 0.6) is 0 Å². The lowest BCUT2D eigenvalue weighted by atomic mass is 10.1. The van der Waals surface area contributed by atoms with Crippen LogP contribution in [0.2, 0.25) is 0 Å². The van der Waals surface area contributed by atoms with Gasteiger partial charge in [0.1, 0.15) is 12.6 Å². The smallest absolute Gasteiger partial charge is 0.472 e. The number of nitrogens with two attached hydrogens (primary N) is 1. The predicted molar refractivity (Wildman–Crippen MR) is 244 cm³/mol. The third kappa shape index (κ3) is 41.4. The summed E-state index contributed by atoms with van der Waals surface area (Å²) in [6.07, 6.45) is 52.1. The second kappa shape index (κ2) is 42.4. The van der Waals surface area contributed by atoms with Crippen molar-refractivity contribution >= 4 is 25.7 Å². The van der Waals surface area contributed by atoms with E-state index in [2.05, 4.69) is 103 Å². The van der Waals surface area contributed by atoms with Gasteiger partial charge >= 0.3 is 25.7 Å². The molecule has 4 N–H and O–H groups in total. The highest BCUT2D eigenvalue weighted by Crippen LogP contribution is 2.43. The van der Waals surface area contributed by atoms with Gasteiger partial charge in [-0.05, 0) is 96.3 Å². The Morgan fingerprint density at radius 3 is 1.32 bits per heavy atom. The summed E-state index contributed by atoms with van der Waals surface area (Å²) in [4.78, 5) is 46.0. The van der Waals surface area contributed by atoms with Gasteiger partial charge in [0.25, 0.3) is 0 Å². The van der Waals surface area contributed by atoms with Crippen LogP contribution in [0.3, 0.4) is 0 Å². The SMILES string of the molecule is CCCCC/C=C\C/C=C\C/C=C\C/C=C\CCCCCC(=O)O[C@H](COC(=O)CCCCCC/C=C\C/C=C\C/C=C\CCCCC)COP(=O)(O)OC[C@H](N)C(=O)O. The first kappa shape index (κ1) is 56.7. The van der Waals surface area contributed by atoms with Crippen LogP contribution in [-0.4, -0.2) is 59.9 Å². The van der Waals surface area contributed by atoms with Crippen LogP contribution in [-0.2, 0) is 37.5 Å². The normalized spacial score (nSPS) is 14.5. The number of allylic oxidation sites excluding steroid dienone is 14. The maximum atomic E-state index is 12.6. The summed E-state index contributed by atoms with van der Waals surface area (Å²) in [5, 5.41) is 8.90. The Bertz CT molecular complexity index is 1340. The Morgan fingerprint density at radius 2 is 0.883 bits per heavy atom. The van der Waals surface area contributed by atoms with Crippen molar-refractivity contribution in [3.8, 4) is 0 Å². The van der Waals surface area contributed by atoms with E-state index in [1.54, 1.807) is 0 Å². The van der Waals surface area contributed by atoms with Crippen molar-refractivity contribution in [3.63, 3.8) is 0 Å². The van der Waals surface area contributed by atoms with Gasteiger partial charge in [-0.25, -0.2) is 4.57 Å². The Balaban J connectivity index is 4.47. The number of esters is 2. The fraction of sp³-hybridized carbons (Fsp3) is 0.646. The molecule has 12 heteroatoms. The molecule has 0 aromatic carbocycles. The molecule has 0 radical (unpaired) electrons. The van der Waals surface area contributed by atoms with Gasteiger partial charge in [0.15, 0.2) is 6.10 Å². The van der Waals surface area contributed by atoms with E-state index in [-0.39, 0.29) is 19.4 Å². The molecule has 11 nitrogen and oxygen atoms in total. The summed E-state index contributed by atoms with van der Waals surface area (Å²) in [5.74, 6) is -2.46. The number of carbonyl (C=O) groups is 3. The lowest BCUT2D eigenvalue weighted by Crippen LogP contribution is -2.34. The van der Waals surface area contributed by atoms with Gasteiger partial charge in [-0.15, -0.1) is 0 Å². The molecule has 0 amide bonds. The standard InChI is InChI=1S/C48H80NO10P/c1-3-5-7-9-11-13-15-17-19-21-22-24-26-28-30-32-34-36-38-40-47(51)59-44(42-57-60(54,55)58-43-45(49)48(52)53)41-56-46(50)39-37-35-33-31-29-27-25-23-20-18-16-14-12-10-8-6-4-2/h11-14,17-20,22,24-25,27-28,30,44-45H,3-10,15-16,21,23,26,29,31-43,49H2,1-2H3,(H,52,53)(H,54,55)/b13-11-,14-12-,19-17-,20-18-,24-22-,27-25-,30-28-/t44-,45+/m1/s1. The summed E-state index contributed by atoms with van der Waals surface area (Å²) in [6, 6.07) is -1.53. The number of phosphoric acid groups is 1. The third-order valence-electron chi connectivity index (χ3n) is 9.12. The van der Waals surface area contributed by atoms with Gasteiger partial charge in [0.05, 0.1) is 13.2 Å². The van der Waals surface area contributed by atoms with Crippen molar-refractivity contribution < 1.29 is 47.5 Å². The van der Waals surface area contributed by atoms with Crippen LogP contribution in [0.25, 0.3) is 0 Å². The fourth-order valence-corrected chi connectivity index (χ4v) is 6.30. The van der Waals surface area contributed by atoms with Crippen LogP contribution < -0.4 is 5.73 Å². The molecular weight excluding hydrogens is 781 g/mol. The number of aliphatic carboxylic acids is 1. The second-order valence-electron chi connectivity index (χ2n) is 14.8. The summed E-state index contributed by atoms with van der Waals surface area (Å²) in [5.41, 5.74) is 5.33. The van der Waals surface area contributed by atoms with E-state index in [9.17, 15) is 23.8 Å². The molecule has 1 unspecified atom stereocenters. The first-order valence-electron chi connectivity index (χ1n) is 22.6. The molecule has 60 heavy (non-hydrogen) atoms. The van der Waals surface area contributed by atoms with Crippen molar-refractivity contribution in [2.75, 3.05) is 19.8 Å². The summed E-state index contributed by atoms with van der Waals surface area (Å²) >= 11 is 0. The molecule has 0 aromatic rings. The Labute approximate surface area is 362 Å². The van der Waals surface area contributed by atoms with Crippen LogP contribution in [0.15, 0.2) is 85.1 Å². The zero-order valence-corrected chi connectivity index (χ0v) is 37.9. The lowest BCUT2D eigenvalue weighted by molar-refractivity contribution is -0.161. The van der Waals surface area contributed by atoms with Crippen LogP contribution >= 0.6 is 7.82 Å². The molecule has 3 atom stereocenters. The van der Waals surface area contributed by atoms with Gasteiger partial charge in [-0.3, -0.25) is 23.4 Å². The zero-order chi connectivity index (χ0) is 44.2. The molecule has 0 aliphatic heterocycles. The van der Waals surface area contributed by atoms with E-state index in [0.717, 1.165) is 83.5 Å². The van der Waals surface area contributed by atoms with Crippen molar-refractivity contribution in [2.45, 2.75) is 180 Å². The van der Waals surface area contributed by atoms with E-state index < -0.39 is 51.1 Å². The summed E-state index contributed by atoms with van der Waals surface area (Å²) in [6.45, 7) is 2.68. The molecule has 0 aromatic heterocycles. The Kier molecular flexibility index (Phi) is 40.0. The first-order chi connectivity index (χ1) is 29.1. The minimum absolute atomic E-state index is 0.114. The van der Waals surface area contributed by atoms with Gasteiger partial charge in [-0.2, -0.15) is 0 Å². The van der Waals surface area contributed by atoms with Gasteiger partial charge < -0.3 is 25.2 Å². The molecule has 0 heterocycles. The molecule has 0 spiro atoms. The Morgan fingerprint density at radius 1 is 0.517 bits per heavy atom. The average Bonchev–Trinajstić information content (AvgIpc) is 3.22. The van der Waals surface area contributed by atoms with Crippen molar-refractivity contribution in [1.29, 1.82) is 0 Å². The number of carbonyl (C=O) groups excluding carboxylic acids is 2. The third-order valence-corrected chi connectivity index (χ3v) is 10.1. The fourth-order valence-electron chi connectivity index (χ4n) is 5.52. The minimum atomic E-state index is -4.74. The van der Waals surface area contributed by atoms with E-state index in [4.69, 9.17) is 24.8 Å². The number of unbranched alkanes of at least 4 members (excludes halogenated alkanes) is 13. The maximum Gasteiger partial charge on any atom is 0.472 e. The monoisotopic (exact) mass is 862 g/mol. The highest BCUT2D eigenvalue weighted by molar-refractivity contribution is 7.47. The van der Waals surface area contributed by atoms with Crippen molar-refractivity contribution in [3.05, 3.63) is 85.1 Å². The van der Waals surface area contributed by atoms with Crippen LogP contribution in [0.1, 0.15) is 168 Å². The van der Waals surface area contributed by atoms with Gasteiger partial charge in [0.2, 0.25) is 0 Å². The number of hydrogen-bond acceptors (Lipinski definition) is 9. The molecule has 0 rings (SSSR count). The summed E-state index contributed by atoms with van der Waals surface area (Å²) in [7, 11) is -4.74. The first-order valence-corrected chi connectivity index (χ1v) is 24.1. The van der Waals surface area contributed by atoms with Gasteiger partial charge in [-0.1, -0.05) is 144 Å². The molecule has 0 aliphatic rings. The molecule has 342 valence electrons. The largest absolute Gasteiger partial charge is 0.480 e. The predicted octanol–water partition coefficient (Wildman–Crippen LogP) is 12.3. The molecule has 0 bridgehead atoms. The number of hydrogen-bond donors (Lipinski definition) is 3. The Hall–Kier alpha value is -3.34. The molecular formula is C48H80NO10P. The topological polar surface area (TPSA) is 172 Å². The quantitative estimate of drug-likeness (QED) is 0.0231. The molecule has 0 aliphatic carbocycles. The number of ether oxygens (including phenoxy) is 2. The average molecular weight is 862 g/mol. The minimum Gasteiger partial charge on any atom is -0.480 e. The highest BCUT2D eigenvalue weighted by Gasteiger charge is 2.28. The zero-order valence-electron chi connectivity index (χ0n) is 37.0. The molecule has 0 saturated carbocycles. The highest BCUT2D eigenvalue weighted by atomic mass is 31.2. The molecule has 0 saturated heterocycles. The van der Waals surface area contributed by atoms with E-state index in [0.29, 0.717) is 12.8 Å². The lowest BCUT2D eigenvalue weighted by Gasteiger charge is -2.20. The number of rotatable bonds is 41. The van der Waals surface area contributed by atoms with E-state index in [1.165, 1.54) is 44.9 Å². The van der Waals surface area contributed by atoms with E-state index in [1.807, 2.05) is 0 Å². The molecule has 0 fully saturated rings. The van der Waals surface area contributed by atoms with Crippen LogP contribution in [0, 0.1) is 0 Å².